The largest absolute Gasteiger partial charge is 0.260 e. The number of rotatable bonds is 6. The Morgan fingerprint density at radius 3 is 1.41 bits per heavy atom. The first kappa shape index (κ1) is 19.9. The van der Waals surface area contributed by atoms with E-state index in [4.69, 9.17) is 0 Å². The van der Waals surface area contributed by atoms with E-state index in [2.05, 4.69) is 23.8 Å². The summed E-state index contributed by atoms with van der Waals surface area (Å²) in [5.74, 6) is 0. The molecule has 0 spiro atoms. The van der Waals surface area contributed by atoms with Gasteiger partial charge in [-0.05, 0) is 24.0 Å². The summed E-state index contributed by atoms with van der Waals surface area (Å²) in [6.45, 7) is 4.20. The molecule has 0 aliphatic carbocycles. The molecular formula is C22H20N2O2S3. The number of nitrogens with zero attached hydrogens (tertiary/aromatic N) is 2. The van der Waals surface area contributed by atoms with Gasteiger partial charge in [0.2, 0.25) is 8.68 Å². The van der Waals surface area contributed by atoms with E-state index in [0.717, 1.165) is 46.6 Å². The molecule has 0 fully saturated rings. The number of hydrogen-bond donors (Lipinski definition) is 0. The second-order valence-corrected chi connectivity index (χ2v) is 10.6. The smallest absolute Gasteiger partial charge is 0.225 e. The van der Waals surface area contributed by atoms with E-state index < -0.39 is 9.84 Å². The van der Waals surface area contributed by atoms with Crippen LogP contribution in [0.5, 0.6) is 0 Å². The molecule has 0 N–H and O–H groups in total. The van der Waals surface area contributed by atoms with Crippen LogP contribution in [-0.2, 0) is 22.7 Å². The standard InChI is InChI=1S/C22H20N2O2S3/c1-3-15-5-9-17(10-6-15)19-13-27-21(23-19)29(25,26)22-24-20(14-28-22)18-11-7-16(4-2)8-12-18/h5-14H,3-4H2,1-2H3. The van der Waals surface area contributed by atoms with Crippen molar-refractivity contribution in [3.63, 3.8) is 0 Å². The summed E-state index contributed by atoms with van der Waals surface area (Å²) in [5.41, 5.74) is 5.64. The van der Waals surface area contributed by atoms with Crippen molar-refractivity contribution < 1.29 is 8.42 Å². The quantitative estimate of drug-likeness (QED) is 0.375. The maximum atomic E-state index is 13.0. The Bertz CT molecular complexity index is 1130. The van der Waals surface area contributed by atoms with Gasteiger partial charge in [0.05, 0.1) is 11.4 Å². The fourth-order valence-electron chi connectivity index (χ4n) is 2.92. The van der Waals surface area contributed by atoms with Gasteiger partial charge < -0.3 is 0 Å². The summed E-state index contributed by atoms with van der Waals surface area (Å²) in [7, 11) is -3.72. The zero-order chi connectivity index (χ0) is 20.4. The molecule has 7 heteroatoms. The predicted octanol–water partition coefficient (Wildman–Crippen LogP) is 5.89. The highest BCUT2D eigenvalue weighted by atomic mass is 32.3. The second kappa shape index (κ2) is 8.18. The average Bonchev–Trinajstić information content (AvgIpc) is 3.45. The van der Waals surface area contributed by atoms with Crippen LogP contribution in [0.3, 0.4) is 0 Å². The monoisotopic (exact) mass is 440 g/mol. The Morgan fingerprint density at radius 1 is 0.690 bits per heavy atom. The first-order valence-corrected chi connectivity index (χ1v) is 12.6. The summed E-state index contributed by atoms with van der Waals surface area (Å²) in [6.07, 6.45) is 1.93. The summed E-state index contributed by atoms with van der Waals surface area (Å²) in [4.78, 5) is 8.77. The minimum Gasteiger partial charge on any atom is -0.225 e. The van der Waals surface area contributed by atoms with Crippen molar-refractivity contribution in [3.05, 3.63) is 70.4 Å². The van der Waals surface area contributed by atoms with Gasteiger partial charge in [0.1, 0.15) is 0 Å². The molecule has 0 aliphatic heterocycles. The Balaban J connectivity index is 1.62. The van der Waals surface area contributed by atoms with E-state index in [9.17, 15) is 8.42 Å². The van der Waals surface area contributed by atoms with Gasteiger partial charge >= 0.3 is 0 Å². The van der Waals surface area contributed by atoms with Gasteiger partial charge in [-0.25, -0.2) is 18.4 Å². The second-order valence-electron chi connectivity index (χ2n) is 6.60. The van der Waals surface area contributed by atoms with Crippen LogP contribution in [-0.4, -0.2) is 18.4 Å². The molecule has 0 radical (unpaired) electrons. The van der Waals surface area contributed by atoms with Gasteiger partial charge in [0.25, 0.3) is 9.84 Å². The molecule has 0 atom stereocenters. The molecule has 0 saturated carbocycles. The van der Waals surface area contributed by atoms with E-state index in [1.807, 2.05) is 48.5 Å². The van der Waals surface area contributed by atoms with E-state index in [-0.39, 0.29) is 8.68 Å². The lowest BCUT2D eigenvalue weighted by Gasteiger charge is -2.00. The van der Waals surface area contributed by atoms with Crippen molar-refractivity contribution in [1.29, 1.82) is 0 Å². The molecule has 4 aromatic rings. The molecule has 29 heavy (non-hydrogen) atoms. The number of hydrogen-bond acceptors (Lipinski definition) is 6. The lowest BCUT2D eigenvalue weighted by Crippen LogP contribution is -2.01. The summed E-state index contributed by atoms with van der Waals surface area (Å²) in [6, 6.07) is 16.1. The number of aryl methyl sites for hydroxylation is 2. The molecule has 0 aliphatic rings. The van der Waals surface area contributed by atoms with Crippen LogP contribution in [0.15, 0.2) is 68.0 Å². The van der Waals surface area contributed by atoms with Crippen molar-refractivity contribution in [2.24, 2.45) is 0 Å². The highest BCUT2D eigenvalue weighted by Crippen LogP contribution is 2.32. The Labute approximate surface area is 178 Å². The summed E-state index contributed by atoms with van der Waals surface area (Å²) >= 11 is 2.27. The SMILES string of the molecule is CCc1ccc(-c2csc(S(=O)(=O)c3nc(-c4ccc(CC)cc4)cs3)n2)cc1. The van der Waals surface area contributed by atoms with Crippen LogP contribution < -0.4 is 0 Å². The van der Waals surface area contributed by atoms with Crippen molar-refractivity contribution in [1.82, 2.24) is 9.97 Å². The highest BCUT2D eigenvalue weighted by molar-refractivity contribution is 7.95. The van der Waals surface area contributed by atoms with Crippen molar-refractivity contribution >= 4 is 32.5 Å². The van der Waals surface area contributed by atoms with Crippen LogP contribution >= 0.6 is 22.7 Å². The number of thiazole rings is 2. The molecule has 2 aromatic heterocycles. The van der Waals surface area contributed by atoms with Crippen LogP contribution in [0.4, 0.5) is 0 Å². The van der Waals surface area contributed by atoms with Crippen molar-refractivity contribution in [2.45, 2.75) is 35.4 Å². The minimum absolute atomic E-state index is 0.0781. The van der Waals surface area contributed by atoms with Crippen LogP contribution in [0.2, 0.25) is 0 Å². The van der Waals surface area contributed by atoms with E-state index in [1.54, 1.807) is 10.8 Å². The first-order chi connectivity index (χ1) is 14.0. The van der Waals surface area contributed by atoms with Crippen LogP contribution in [0.25, 0.3) is 22.5 Å². The lowest BCUT2D eigenvalue weighted by molar-refractivity contribution is 0.594. The third-order valence-electron chi connectivity index (χ3n) is 4.74. The van der Waals surface area contributed by atoms with Gasteiger partial charge in [0.15, 0.2) is 0 Å². The zero-order valence-electron chi connectivity index (χ0n) is 16.1. The molecule has 4 nitrogen and oxygen atoms in total. The van der Waals surface area contributed by atoms with Gasteiger partial charge in [0, 0.05) is 21.9 Å². The number of benzene rings is 2. The van der Waals surface area contributed by atoms with Crippen LogP contribution in [0, 0.1) is 0 Å². The van der Waals surface area contributed by atoms with E-state index >= 15 is 0 Å². The third-order valence-corrected chi connectivity index (χ3v) is 9.01. The number of sulfone groups is 1. The van der Waals surface area contributed by atoms with Crippen molar-refractivity contribution in [2.75, 3.05) is 0 Å². The van der Waals surface area contributed by atoms with Gasteiger partial charge in [-0.2, -0.15) is 0 Å². The van der Waals surface area contributed by atoms with E-state index in [1.165, 1.54) is 11.1 Å². The highest BCUT2D eigenvalue weighted by Gasteiger charge is 2.26. The van der Waals surface area contributed by atoms with Gasteiger partial charge in [-0.15, -0.1) is 22.7 Å². The van der Waals surface area contributed by atoms with Gasteiger partial charge in [-0.1, -0.05) is 62.4 Å². The predicted molar refractivity (Wildman–Crippen MR) is 119 cm³/mol. The molecule has 0 amide bonds. The Kier molecular flexibility index (Phi) is 5.63. The maximum absolute atomic E-state index is 13.0. The molecule has 148 valence electrons. The molecule has 2 heterocycles. The Morgan fingerprint density at radius 2 is 1.07 bits per heavy atom. The molecule has 4 rings (SSSR count). The van der Waals surface area contributed by atoms with Crippen molar-refractivity contribution in [3.8, 4) is 22.5 Å². The fourth-order valence-corrected chi connectivity index (χ4v) is 6.55. The Hall–Kier alpha value is -2.35. The molecule has 0 unspecified atom stereocenters. The third kappa shape index (κ3) is 4.03. The summed E-state index contributed by atoms with van der Waals surface area (Å²) < 4.78 is 26.2. The number of aromatic nitrogens is 2. The van der Waals surface area contributed by atoms with Gasteiger partial charge in [-0.3, -0.25) is 0 Å². The summed E-state index contributed by atoms with van der Waals surface area (Å²) in [5, 5.41) is 3.57. The fraction of sp³-hybridized carbons (Fsp3) is 0.182. The maximum Gasteiger partial charge on any atom is 0.260 e. The van der Waals surface area contributed by atoms with Crippen LogP contribution in [0.1, 0.15) is 25.0 Å². The molecular weight excluding hydrogens is 420 g/mol. The molecule has 0 bridgehead atoms. The molecule has 2 aromatic carbocycles. The topological polar surface area (TPSA) is 59.9 Å². The minimum atomic E-state index is -3.72. The zero-order valence-corrected chi connectivity index (χ0v) is 18.6. The first-order valence-electron chi connectivity index (χ1n) is 9.36. The lowest BCUT2D eigenvalue weighted by atomic mass is 10.1. The molecule has 0 saturated heterocycles. The normalized spacial score (nSPS) is 11.7. The average molecular weight is 441 g/mol. The van der Waals surface area contributed by atoms with E-state index in [0.29, 0.717) is 11.4 Å².